The van der Waals surface area contributed by atoms with Gasteiger partial charge in [-0.25, -0.2) is 0 Å². The van der Waals surface area contributed by atoms with Crippen LogP contribution >= 0.6 is 0 Å². The predicted octanol–water partition coefficient (Wildman–Crippen LogP) is 33.1. The van der Waals surface area contributed by atoms with E-state index < -0.39 is 0 Å². The van der Waals surface area contributed by atoms with Crippen LogP contribution in [0.25, 0.3) is 21.9 Å². The number of hydrogen-bond donors (Lipinski definition) is 0. The van der Waals surface area contributed by atoms with Crippen LogP contribution in [0.4, 0.5) is 0 Å². The second kappa shape index (κ2) is 47.3. The fraction of sp³-hybridized carbons (Fsp3) is 0.0261. The van der Waals surface area contributed by atoms with E-state index in [4.69, 9.17) is 42.6 Å². The first-order valence-corrected chi connectivity index (χ1v) is 40.9. The summed E-state index contributed by atoms with van der Waals surface area (Å²) in [5.74, 6) is 14.8. The Kier molecular flexibility index (Phi) is 32.6. The number of benzene rings is 19. The van der Waals surface area contributed by atoms with Gasteiger partial charge in [0.1, 0.15) is 103 Å². The molecule has 19 rings (SSSR count). The zero-order valence-electron chi connectivity index (χ0n) is 69.0. The van der Waals surface area contributed by atoms with Crippen LogP contribution < -0.4 is 42.6 Å². The van der Waals surface area contributed by atoms with E-state index in [-0.39, 0.29) is 5.41 Å². The quantitative estimate of drug-likeness (QED) is 0.0698. The molecule has 124 heavy (non-hydrogen) atoms. The first-order valence-electron chi connectivity index (χ1n) is 40.9. The Labute approximate surface area is 727 Å². The van der Waals surface area contributed by atoms with E-state index in [0.29, 0.717) is 0 Å². The molecule has 0 fully saturated rings. The summed E-state index contributed by atoms with van der Waals surface area (Å²) in [5.41, 5.74) is 4.61. The molecule has 0 aliphatic carbocycles. The van der Waals surface area contributed by atoms with Crippen LogP contribution in [0.1, 0.15) is 25.0 Å². The fourth-order valence-corrected chi connectivity index (χ4v) is 12.3. The average Bonchev–Trinajstić information content (AvgIpc) is 0.797. The zero-order valence-corrected chi connectivity index (χ0v) is 69.0. The molecule has 9 heteroatoms. The molecule has 0 amide bonds. The minimum Gasteiger partial charge on any atom is -0.457 e. The van der Waals surface area contributed by atoms with E-state index >= 15 is 0 Å². The second-order valence-electron chi connectivity index (χ2n) is 28.2. The summed E-state index contributed by atoms with van der Waals surface area (Å²) in [6.45, 7) is 4.46. The van der Waals surface area contributed by atoms with Gasteiger partial charge >= 0.3 is 0 Å². The SMILES string of the molecule is CC(C)(c1ccc(Oc2ccccc2)cc1)c1ccc(Oc2ccccc2)cc1.c1ccc(Oc2ccc(-c3ccc(Oc4ccccc4)cc3)cc2)cc1.c1ccc(Oc2ccc(Oc3ccccc3)cc2)cc1.c1ccc(Oc2cccc(Oc3ccccc3)c2)cc1.c1ccc(Oc2ccccc2)cc1.c1ccc2ccccc2c1.c1ccccc1. The lowest BCUT2D eigenvalue weighted by molar-refractivity contribution is 0.460. The monoisotopic (exact) mass is 1620 g/mol. The summed E-state index contributed by atoms with van der Waals surface area (Å²) < 4.78 is 52.1. The third-order valence-electron chi connectivity index (χ3n) is 18.7. The van der Waals surface area contributed by atoms with Gasteiger partial charge in [-0.2, -0.15) is 0 Å². The average molecular weight is 1620 g/mol. The summed E-state index contributed by atoms with van der Waals surface area (Å²) in [6, 6.07) is 174. The Morgan fingerprint density at radius 2 is 0.250 bits per heavy atom. The van der Waals surface area contributed by atoms with E-state index in [9.17, 15) is 0 Å². The minimum atomic E-state index is -0.128. The molecule has 0 N–H and O–H groups in total. The van der Waals surface area contributed by atoms with Gasteiger partial charge in [-0.1, -0.05) is 335 Å². The van der Waals surface area contributed by atoms with E-state index in [2.05, 4.69) is 111 Å². The first kappa shape index (κ1) is 85.5. The maximum absolute atomic E-state index is 5.91. The highest BCUT2D eigenvalue weighted by Gasteiger charge is 2.23. The first-order chi connectivity index (χ1) is 61.2. The maximum Gasteiger partial charge on any atom is 0.131 e. The van der Waals surface area contributed by atoms with Crippen LogP contribution in [-0.2, 0) is 5.41 Å². The number of fused-ring (bicyclic) bond motifs is 1. The Hall–Kier alpha value is -16.4. The summed E-state index contributed by atoms with van der Waals surface area (Å²) in [7, 11) is 0. The molecular weight excluding hydrogens is 1530 g/mol. The van der Waals surface area contributed by atoms with Crippen LogP contribution in [0.15, 0.2) is 534 Å². The normalized spacial score (nSPS) is 10.2. The highest BCUT2D eigenvalue weighted by atomic mass is 16.5. The molecule has 0 radical (unpaired) electrons. The van der Waals surface area contributed by atoms with Crippen LogP contribution in [0.2, 0.25) is 0 Å². The summed E-state index contributed by atoms with van der Waals surface area (Å²) >= 11 is 0. The maximum atomic E-state index is 5.91. The Bertz CT molecular complexity index is 5700. The lowest BCUT2D eigenvalue weighted by Gasteiger charge is -2.26. The molecule has 9 nitrogen and oxygen atoms in total. The molecular formula is C115H94O9. The van der Waals surface area contributed by atoms with Gasteiger partial charge in [0.15, 0.2) is 0 Å². The highest BCUT2D eigenvalue weighted by Crippen LogP contribution is 2.37. The Morgan fingerprint density at radius 1 is 0.121 bits per heavy atom. The van der Waals surface area contributed by atoms with Crippen LogP contribution in [0.5, 0.6) is 103 Å². The van der Waals surface area contributed by atoms with Crippen molar-refractivity contribution >= 4 is 10.8 Å². The van der Waals surface area contributed by atoms with Crippen LogP contribution in [0, 0.1) is 0 Å². The molecule has 0 atom stereocenters. The van der Waals surface area contributed by atoms with E-state index in [1.165, 1.54) is 21.9 Å². The van der Waals surface area contributed by atoms with Crippen molar-refractivity contribution < 1.29 is 42.6 Å². The predicted molar refractivity (Wildman–Crippen MR) is 505 cm³/mol. The summed E-state index contributed by atoms with van der Waals surface area (Å²) in [4.78, 5) is 0. The topological polar surface area (TPSA) is 83.1 Å². The second-order valence-corrected chi connectivity index (χ2v) is 28.2. The number of rotatable bonds is 21. The molecule has 0 unspecified atom stereocenters. The zero-order chi connectivity index (χ0) is 84.9. The van der Waals surface area contributed by atoms with Crippen LogP contribution in [-0.4, -0.2) is 0 Å². The van der Waals surface area contributed by atoms with Crippen LogP contribution in [0.3, 0.4) is 0 Å². The van der Waals surface area contributed by atoms with Gasteiger partial charge < -0.3 is 42.6 Å². The minimum absolute atomic E-state index is 0.128. The Balaban J connectivity index is 0.000000129. The van der Waals surface area contributed by atoms with Crippen molar-refractivity contribution in [2.24, 2.45) is 0 Å². The van der Waals surface area contributed by atoms with Crippen molar-refractivity contribution in [3.8, 4) is 115 Å². The molecule has 0 spiro atoms. The van der Waals surface area contributed by atoms with E-state index in [1.54, 1.807) is 0 Å². The van der Waals surface area contributed by atoms with Crippen molar-refractivity contribution in [1.82, 2.24) is 0 Å². The standard InChI is InChI=1S/C27H24O2.C24H18O2.2C18H14O2.C12H10O.C10H8.C6H6/c1-27(2,21-13-17-25(18-14-21)28-23-9-5-3-6-10-23)22-15-19-26(20-16-22)29-24-11-7-4-8-12-24;1-3-7-21(8-4-1)25-23-15-11-19(12-16-23)20-13-17-24(18-14-20)26-22-9-5-2-6-10-22;1-3-8-15(9-4-1)19-17-12-7-13-18(14-17)20-16-10-5-2-6-11-16;1-3-7-15(8-4-1)19-17-11-13-18(14-12-17)20-16-9-5-2-6-10-16;1-3-7-11(8-4-1)13-12-9-5-2-6-10-12;1-2-6-10-8-4-3-7-9(10)5-1;1-2-4-6-5-3-1/h3-20H,1-2H3;1-18H;2*1-14H;1-10H;1-8H;1-6H. The van der Waals surface area contributed by atoms with Crippen molar-refractivity contribution in [2.75, 3.05) is 0 Å². The number of para-hydroxylation sites is 10. The molecule has 0 aliphatic heterocycles. The largest absolute Gasteiger partial charge is 0.457 e. The third kappa shape index (κ3) is 29.0. The van der Waals surface area contributed by atoms with Crippen molar-refractivity contribution in [1.29, 1.82) is 0 Å². The smallest absolute Gasteiger partial charge is 0.131 e. The molecule has 0 aliphatic rings. The van der Waals surface area contributed by atoms with Gasteiger partial charge in [0.2, 0.25) is 0 Å². The van der Waals surface area contributed by atoms with E-state index in [1.807, 2.05) is 437 Å². The Morgan fingerprint density at radius 3 is 0.435 bits per heavy atom. The van der Waals surface area contributed by atoms with Crippen molar-refractivity contribution in [2.45, 2.75) is 19.3 Å². The molecule has 19 aromatic rings. The molecule has 0 saturated heterocycles. The molecule has 0 bridgehead atoms. The fourth-order valence-electron chi connectivity index (χ4n) is 12.3. The van der Waals surface area contributed by atoms with E-state index in [0.717, 1.165) is 115 Å². The molecule has 0 heterocycles. The molecule has 608 valence electrons. The van der Waals surface area contributed by atoms with Gasteiger partial charge in [-0.15, -0.1) is 0 Å². The van der Waals surface area contributed by atoms with Gasteiger partial charge in [-0.3, -0.25) is 0 Å². The van der Waals surface area contributed by atoms with Crippen molar-refractivity contribution in [3.05, 3.63) is 545 Å². The lowest BCUT2D eigenvalue weighted by atomic mass is 9.78. The number of ether oxygens (including phenoxy) is 9. The summed E-state index contributed by atoms with van der Waals surface area (Å²) in [6.07, 6.45) is 0. The molecule has 19 aromatic carbocycles. The lowest BCUT2D eigenvalue weighted by Crippen LogP contribution is -2.18. The highest BCUT2D eigenvalue weighted by molar-refractivity contribution is 5.82. The molecule has 0 saturated carbocycles. The third-order valence-corrected chi connectivity index (χ3v) is 18.7. The van der Waals surface area contributed by atoms with Gasteiger partial charge in [0, 0.05) is 11.5 Å². The van der Waals surface area contributed by atoms with Gasteiger partial charge in [0.05, 0.1) is 0 Å². The van der Waals surface area contributed by atoms with Crippen molar-refractivity contribution in [3.63, 3.8) is 0 Å². The van der Waals surface area contributed by atoms with Gasteiger partial charge in [-0.05, 0) is 239 Å². The summed E-state index contributed by atoms with van der Waals surface area (Å²) in [5, 5.41) is 2.62. The number of hydrogen-bond acceptors (Lipinski definition) is 9. The van der Waals surface area contributed by atoms with Gasteiger partial charge in [0.25, 0.3) is 0 Å². The molecule has 0 aromatic heterocycles.